The van der Waals surface area contributed by atoms with Crippen LogP contribution in [0.25, 0.3) is 0 Å². The Hall–Kier alpha value is -0.770. The number of carbonyl (C=O) groups is 1. The van der Waals surface area contributed by atoms with Crippen molar-refractivity contribution in [3.8, 4) is 0 Å². The standard InChI is InChI=1S/C18H25FN2O3S3/c19-16-6-2-3-7-17(16)27(23,24)21-12-10-20(11-13-21)18(22)8-4-1-5-15-9-14-25-26-15/h2-3,6-7,15H,1,4-5,8-14H2. The van der Waals surface area contributed by atoms with Crippen molar-refractivity contribution in [2.75, 3.05) is 31.9 Å². The van der Waals surface area contributed by atoms with Gasteiger partial charge in [0.2, 0.25) is 15.9 Å². The number of benzene rings is 1. The van der Waals surface area contributed by atoms with Crippen LogP contribution in [0.4, 0.5) is 4.39 Å². The molecule has 0 aromatic heterocycles. The average Bonchev–Trinajstić information content (AvgIpc) is 3.19. The first-order valence-corrected chi connectivity index (χ1v) is 13.1. The summed E-state index contributed by atoms with van der Waals surface area (Å²) in [4.78, 5) is 13.8. The van der Waals surface area contributed by atoms with E-state index in [9.17, 15) is 17.6 Å². The second-order valence-corrected chi connectivity index (χ2v) is 11.5. The molecule has 0 spiro atoms. The van der Waals surface area contributed by atoms with Crippen LogP contribution in [0.3, 0.4) is 0 Å². The van der Waals surface area contributed by atoms with Crippen molar-refractivity contribution in [3.63, 3.8) is 0 Å². The molecule has 1 unspecified atom stereocenters. The van der Waals surface area contributed by atoms with Gasteiger partial charge in [0.25, 0.3) is 0 Å². The van der Waals surface area contributed by atoms with E-state index in [0.29, 0.717) is 19.5 Å². The molecule has 2 fully saturated rings. The van der Waals surface area contributed by atoms with E-state index >= 15 is 0 Å². The van der Waals surface area contributed by atoms with Crippen LogP contribution in [0.1, 0.15) is 32.1 Å². The molecule has 1 aromatic carbocycles. The molecule has 1 aromatic rings. The maximum atomic E-state index is 13.9. The summed E-state index contributed by atoms with van der Waals surface area (Å²) in [5.74, 6) is 0.579. The summed E-state index contributed by atoms with van der Waals surface area (Å²) in [5.41, 5.74) is 0. The Kier molecular flexibility index (Phi) is 7.47. The molecule has 2 aliphatic heterocycles. The minimum absolute atomic E-state index is 0.0892. The Bertz CT molecular complexity index is 746. The van der Waals surface area contributed by atoms with E-state index in [0.717, 1.165) is 24.2 Å². The number of piperazine rings is 1. The monoisotopic (exact) mass is 432 g/mol. The summed E-state index contributed by atoms with van der Waals surface area (Å²) in [6.45, 7) is 1.14. The van der Waals surface area contributed by atoms with E-state index in [1.54, 1.807) is 4.90 Å². The van der Waals surface area contributed by atoms with Crippen LogP contribution in [-0.2, 0) is 14.8 Å². The third-order valence-electron chi connectivity index (χ3n) is 4.94. The zero-order chi connectivity index (χ0) is 19.3. The first-order valence-electron chi connectivity index (χ1n) is 9.29. The minimum atomic E-state index is -3.86. The van der Waals surface area contributed by atoms with Crippen molar-refractivity contribution in [2.24, 2.45) is 0 Å². The second-order valence-electron chi connectivity index (χ2n) is 6.79. The summed E-state index contributed by atoms with van der Waals surface area (Å²) in [5, 5.41) is 0.734. The molecule has 150 valence electrons. The van der Waals surface area contributed by atoms with E-state index in [-0.39, 0.29) is 23.9 Å². The lowest BCUT2D eigenvalue weighted by Crippen LogP contribution is -2.50. The first kappa shape index (κ1) is 21.0. The fourth-order valence-electron chi connectivity index (χ4n) is 3.34. The maximum Gasteiger partial charge on any atom is 0.246 e. The van der Waals surface area contributed by atoms with Crippen molar-refractivity contribution < 1.29 is 17.6 Å². The number of unbranched alkanes of at least 4 members (excludes halogenated alkanes) is 1. The van der Waals surface area contributed by atoms with Gasteiger partial charge in [-0.3, -0.25) is 4.79 Å². The molecule has 0 aliphatic carbocycles. The molecule has 0 radical (unpaired) electrons. The summed E-state index contributed by atoms with van der Waals surface area (Å²) in [6, 6.07) is 5.41. The van der Waals surface area contributed by atoms with E-state index in [1.165, 1.54) is 41.1 Å². The molecule has 0 saturated carbocycles. The maximum absolute atomic E-state index is 13.9. The number of halogens is 1. The number of hydrogen-bond donors (Lipinski definition) is 0. The molecule has 0 N–H and O–H groups in total. The van der Waals surface area contributed by atoms with E-state index < -0.39 is 15.8 Å². The van der Waals surface area contributed by atoms with Gasteiger partial charge in [-0.15, -0.1) is 0 Å². The van der Waals surface area contributed by atoms with Crippen LogP contribution in [0.2, 0.25) is 0 Å². The molecule has 2 aliphatic rings. The average molecular weight is 433 g/mol. The SMILES string of the molecule is O=C(CCCCC1CCSS1)N1CCN(S(=O)(=O)c2ccccc2F)CC1. The van der Waals surface area contributed by atoms with Gasteiger partial charge in [-0.25, -0.2) is 12.8 Å². The van der Waals surface area contributed by atoms with Crippen LogP contribution in [0.5, 0.6) is 0 Å². The summed E-state index contributed by atoms with van der Waals surface area (Å²) in [7, 11) is 0.0418. The van der Waals surface area contributed by atoms with Crippen molar-refractivity contribution in [1.82, 2.24) is 9.21 Å². The van der Waals surface area contributed by atoms with Crippen molar-refractivity contribution in [2.45, 2.75) is 42.2 Å². The van der Waals surface area contributed by atoms with Crippen molar-refractivity contribution in [1.29, 1.82) is 0 Å². The fourth-order valence-corrected chi connectivity index (χ4v) is 7.86. The van der Waals surface area contributed by atoms with Gasteiger partial charge < -0.3 is 4.90 Å². The van der Waals surface area contributed by atoms with Crippen LogP contribution in [0, 0.1) is 5.82 Å². The second kappa shape index (κ2) is 9.62. The Labute approximate surface area is 168 Å². The van der Waals surface area contributed by atoms with Crippen molar-refractivity contribution in [3.05, 3.63) is 30.1 Å². The highest BCUT2D eigenvalue weighted by Crippen LogP contribution is 2.39. The third-order valence-corrected chi connectivity index (χ3v) is 9.88. The number of rotatable bonds is 7. The Morgan fingerprint density at radius 3 is 2.56 bits per heavy atom. The molecule has 1 atom stereocenters. The smallest absolute Gasteiger partial charge is 0.246 e. The lowest BCUT2D eigenvalue weighted by atomic mass is 10.1. The first-order chi connectivity index (χ1) is 13.0. The Morgan fingerprint density at radius 1 is 1.15 bits per heavy atom. The normalized spacial score (nSPS) is 21.5. The lowest BCUT2D eigenvalue weighted by Gasteiger charge is -2.34. The van der Waals surface area contributed by atoms with Gasteiger partial charge in [0, 0.05) is 43.6 Å². The van der Waals surface area contributed by atoms with Gasteiger partial charge in [-0.2, -0.15) is 4.31 Å². The fraction of sp³-hybridized carbons (Fsp3) is 0.611. The quantitative estimate of drug-likeness (QED) is 0.488. The molecule has 1 amide bonds. The molecule has 2 saturated heterocycles. The van der Waals surface area contributed by atoms with Crippen LogP contribution in [0.15, 0.2) is 29.2 Å². The predicted molar refractivity (Wildman–Crippen MR) is 109 cm³/mol. The molecular weight excluding hydrogens is 407 g/mol. The minimum Gasteiger partial charge on any atom is -0.340 e. The molecule has 27 heavy (non-hydrogen) atoms. The summed E-state index contributed by atoms with van der Waals surface area (Å²) >= 11 is 0. The number of amides is 1. The van der Waals surface area contributed by atoms with E-state index in [1.807, 2.05) is 21.6 Å². The zero-order valence-electron chi connectivity index (χ0n) is 15.2. The molecular formula is C18H25FN2O3S3. The van der Waals surface area contributed by atoms with Crippen LogP contribution < -0.4 is 0 Å². The van der Waals surface area contributed by atoms with Gasteiger partial charge in [0.05, 0.1) is 0 Å². The number of carbonyl (C=O) groups excluding carboxylic acids is 1. The highest BCUT2D eigenvalue weighted by Gasteiger charge is 2.31. The highest BCUT2D eigenvalue weighted by atomic mass is 33.1. The van der Waals surface area contributed by atoms with Crippen LogP contribution >= 0.6 is 21.6 Å². The van der Waals surface area contributed by atoms with E-state index in [4.69, 9.17) is 0 Å². The number of hydrogen-bond acceptors (Lipinski definition) is 5. The number of sulfonamides is 1. The highest BCUT2D eigenvalue weighted by molar-refractivity contribution is 8.77. The molecule has 2 heterocycles. The topological polar surface area (TPSA) is 57.7 Å². The molecule has 0 bridgehead atoms. The van der Waals surface area contributed by atoms with Gasteiger partial charge in [-0.05, 0) is 31.4 Å². The number of nitrogens with zero attached hydrogens (tertiary/aromatic N) is 2. The summed E-state index contributed by atoms with van der Waals surface area (Å²) in [6.07, 6.45) is 4.89. The lowest BCUT2D eigenvalue weighted by molar-refractivity contribution is -0.132. The molecule has 3 rings (SSSR count). The van der Waals surface area contributed by atoms with Gasteiger partial charge in [0.15, 0.2) is 0 Å². The predicted octanol–water partition coefficient (Wildman–Crippen LogP) is 3.37. The summed E-state index contributed by atoms with van der Waals surface area (Å²) < 4.78 is 40.3. The van der Waals surface area contributed by atoms with Gasteiger partial charge in [0.1, 0.15) is 10.7 Å². The molecule has 5 nitrogen and oxygen atoms in total. The van der Waals surface area contributed by atoms with Crippen molar-refractivity contribution >= 4 is 37.5 Å². The Morgan fingerprint density at radius 2 is 1.89 bits per heavy atom. The van der Waals surface area contributed by atoms with Gasteiger partial charge >= 0.3 is 0 Å². The third kappa shape index (κ3) is 5.40. The zero-order valence-corrected chi connectivity index (χ0v) is 17.6. The largest absolute Gasteiger partial charge is 0.340 e. The van der Waals surface area contributed by atoms with Gasteiger partial charge in [-0.1, -0.05) is 40.1 Å². The molecule has 9 heteroatoms. The van der Waals surface area contributed by atoms with Crippen LogP contribution in [-0.4, -0.2) is 60.7 Å². The van der Waals surface area contributed by atoms with E-state index in [2.05, 4.69) is 0 Å². The Balaban J connectivity index is 1.44.